The Morgan fingerprint density at radius 3 is 2.82 bits per heavy atom. The first-order chi connectivity index (χ1) is 8.13. The molecule has 0 unspecified atom stereocenters. The van der Waals surface area contributed by atoms with Gasteiger partial charge in [0.1, 0.15) is 0 Å². The highest BCUT2D eigenvalue weighted by molar-refractivity contribution is 6.16. The predicted molar refractivity (Wildman–Crippen MR) is 57.6 cm³/mol. The number of Topliss-reactive ketones (excluding diaryl/α,β-unsaturated/α-hetero) is 1. The molecule has 0 N–H and O–H groups in total. The molecule has 0 spiro atoms. The van der Waals surface area contributed by atoms with Gasteiger partial charge in [-0.25, -0.2) is 9.78 Å². The van der Waals surface area contributed by atoms with Gasteiger partial charge in [0.05, 0.1) is 25.8 Å². The maximum absolute atomic E-state index is 11.6. The first-order valence-corrected chi connectivity index (χ1v) is 4.99. The van der Waals surface area contributed by atoms with Crippen molar-refractivity contribution in [2.45, 2.75) is 6.42 Å². The number of pyridine rings is 1. The Hall–Kier alpha value is -2.24. The predicted octanol–water partition coefficient (Wildman–Crippen LogP) is 0.174. The Bertz CT molecular complexity index is 498. The van der Waals surface area contributed by atoms with Gasteiger partial charge in [-0.1, -0.05) is 0 Å². The lowest BCUT2D eigenvalue weighted by Gasteiger charge is -2.16. The Balaban J connectivity index is 2.42. The summed E-state index contributed by atoms with van der Waals surface area (Å²) in [5, 5.41) is 0. The third-order valence-electron chi connectivity index (χ3n) is 2.44. The molecule has 0 aliphatic carbocycles. The Kier molecular flexibility index (Phi) is 2.86. The number of anilines is 1. The van der Waals surface area contributed by atoms with E-state index in [0.717, 1.165) is 0 Å². The molecule has 1 aliphatic heterocycles. The summed E-state index contributed by atoms with van der Waals surface area (Å²) in [5.74, 6) is -1.13. The number of hydrogen-bond acceptors (Lipinski definition) is 5. The number of esters is 1. The topological polar surface area (TPSA) is 76.6 Å². The molecule has 1 saturated heterocycles. The van der Waals surface area contributed by atoms with Crippen molar-refractivity contribution in [3.8, 4) is 0 Å². The summed E-state index contributed by atoms with van der Waals surface area (Å²) in [4.78, 5) is 39.4. The summed E-state index contributed by atoms with van der Waals surface area (Å²) in [7, 11) is 1.23. The number of amides is 1. The number of carbonyl (C=O) groups is 3. The first-order valence-electron chi connectivity index (χ1n) is 4.99. The summed E-state index contributed by atoms with van der Waals surface area (Å²) in [6.45, 7) is -0.0193. The third-order valence-corrected chi connectivity index (χ3v) is 2.44. The fourth-order valence-corrected chi connectivity index (χ4v) is 1.67. The molecular weight excluding hydrogens is 224 g/mol. The fourth-order valence-electron chi connectivity index (χ4n) is 1.67. The molecule has 1 amide bonds. The van der Waals surface area contributed by atoms with Crippen LogP contribution in [0.4, 0.5) is 5.69 Å². The number of ether oxygens (including phenoxy) is 1. The average molecular weight is 234 g/mol. The van der Waals surface area contributed by atoms with Crippen LogP contribution in [0.2, 0.25) is 0 Å². The maximum atomic E-state index is 11.6. The molecule has 6 heteroatoms. The van der Waals surface area contributed by atoms with Crippen LogP contribution < -0.4 is 4.90 Å². The fraction of sp³-hybridized carbons (Fsp3) is 0.273. The van der Waals surface area contributed by atoms with Crippen molar-refractivity contribution in [1.82, 2.24) is 4.98 Å². The smallest absolute Gasteiger partial charge is 0.358 e. The van der Waals surface area contributed by atoms with Gasteiger partial charge in [-0.05, 0) is 12.1 Å². The Morgan fingerprint density at radius 1 is 1.47 bits per heavy atom. The SMILES string of the molecule is COC(=O)c1ncccc1N1CC(=O)CC1=O. The van der Waals surface area contributed by atoms with Crippen LogP contribution in [0.15, 0.2) is 18.3 Å². The van der Waals surface area contributed by atoms with Crippen LogP contribution in [0.5, 0.6) is 0 Å². The van der Waals surface area contributed by atoms with Crippen LogP contribution in [0, 0.1) is 0 Å². The number of nitrogens with zero attached hydrogens (tertiary/aromatic N) is 2. The number of carbonyl (C=O) groups excluding carboxylic acids is 3. The van der Waals surface area contributed by atoms with Crippen molar-refractivity contribution in [1.29, 1.82) is 0 Å². The molecule has 1 aliphatic rings. The quantitative estimate of drug-likeness (QED) is 0.538. The molecule has 88 valence electrons. The molecular formula is C11H10N2O4. The molecule has 2 heterocycles. The second-order valence-corrected chi connectivity index (χ2v) is 3.56. The van der Waals surface area contributed by atoms with Crippen molar-refractivity contribution in [2.24, 2.45) is 0 Å². The van der Waals surface area contributed by atoms with Crippen molar-refractivity contribution in [2.75, 3.05) is 18.6 Å². The van der Waals surface area contributed by atoms with Gasteiger partial charge in [-0.2, -0.15) is 0 Å². The van der Waals surface area contributed by atoms with E-state index < -0.39 is 5.97 Å². The molecule has 2 rings (SSSR count). The van der Waals surface area contributed by atoms with E-state index in [-0.39, 0.29) is 30.3 Å². The number of aromatic nitrogens is 1. The molecule has 0 aromatic carbocycles. The number of rotatable bonds is 2. The molecule has 1 fully saturated rings. The zero-order valence-electron chi connectivity index (χ0n) is 9.17. The minimum Gasteiger partial charge on any atom is -0.464 e. The molecule has 6 nitrogen and oxygen atoms in total. The van der Waals surface area contributed by atoms with E-state index in [1.165, 1.54) is 18.2 Å². The van der Waals surface area contributed by atoms with E-state index >= 15 is 0 Å². The zero-order chi connectivity index (χ0) is 12.4. The van der Waals surface area contributed by atoms with Gasteiger partial charge in [-0.3, -0.25) is 9.59 Å². The number of ketones is 1. The number of methoxy groups -OCH3 is 1. The van der Waals surface area contributed by atoms with Crippen LogP contribution in [0.1, 0.15) is 16.9 Å². The van der Waals surface area contributed by atoms with Gasteiger partial charge in [0.25, 0.3) is 0 Å². The highest BCUT2D eigenvalue weighted by Gasteiger charge is 2.31. The van der Waals surface area contributed by atoms with Gasteiger partial charge >= 0.3 is 5.97 Å². The van der Waals surface area contributed by atoms with Crippen molar-refractivity contribution < 1.29 is 19.1 Å². The lowest BCUT2D eigenvalue weighted by molar-refractivity contribution is -0.121. The van der Waals surface area contributed by atoms with Gasteiger partial charge in [0.15, 0.2) is 11.5 Å². The van der Waals surface area contributed by atoms with E-state index in [2.05, 4.69) is 9.72 Å². The normalized spacial score (nSPS) is 15.2. The van der Waals surface area contributed by atoms with E-state index in [0.29, 0.717) is 5.69 Å². The van der Waals surface area contributed by atoms with Gasteiger partial charge in [-0.15, -0.1) is 0 Å². The van der Waals surface area contributed by atoms with Crippen molar-refractivity contribution in [3.63, 3.8) is 0 Å². The third kappa shape index (κ3) is 2.01. The van der Waals surface area contributed by atoms with Gasteiger partial charge in [0.2, 0.25) is 5.91 Å². The van der Waals surface area contributed by atoms with Crippen molar-refractivity contribution in [3.05, 3.63) is 24.0 Å². The highest BCUT2D eigenvalue weighted by atomic mass is 16.5. The molecule has 1 aromatic rings. The molecule has 17 heavy (non-hydrogen) atoms. The van der Waals surface area contributed by atoms with Crippen LogP contribution >= 0.6 is 0 Å². The summed E-state index contributed by atoms with van der Waals surface area (Å²) in [5.41, 5.74) is 0.355. The highest BCUT2D eigenvalue weighted by Crippen LogP contribution is 2.23. The standard InChI is InChI=1S/C11H10N2O4/c1-17-11(16)10-8(3-2-4-12-10)13-6-7(14)5-9(13)15/h2-4H,5-6H2,1H3. The second kappa shape index (κ2) is 4.32. The van der Waals surface area contributed by atoms with Crippen LogP contribution in [-0.2, 0) is 14.3 Å². The molecule has 0 atom stereocenters. The second-order valence-electron chi connectivity index (χ2n) is 3.56. The van der Waals surface area contributed by atoms with Crippen LogP contribution in [0.25, 0.3) is 0 Å². The number of hydrogen-bond donors (Lipinski definition) is 0. The molecule has 0 saturated carbocycles. The summed E-state index contributed by atoms with van der Waals surface area (Å²) >= 11 is 0. The van der Waals surface area contributed by atoms with Crippen molar-refractivity contribution >= 4 is 23.3 Å². The minimum atomic E-state index is -0.632. The van der Waals surface area contributed by atoms with Crippen LogP contribution in [0.3, 0.4) is 0 Å². The summed E-state index contributed by atoms with van der Waals surface area (Å²) < 4.78 is 4.57. The van der Waals surface area contributed by atoms with Crippen LogP contribution in [-0.4, -0.2) is 36.3 Å². The molecule has 0 radical (unpaired) electrons. The molecule has 1 aromatic heterocycles. The summed E-state index contributed by atoms with van der Waals surface area (Å²) in [6, 6.07) is 3.16. The zero-order valence-corrected chi connectivity index (χ0v) is 9.17. The lowest BCUT2D eigenvalue weighted by Crippen LogP contribution is -2.27. The monoisotopic (exact) mass is 234 g/mol. The van der Waals surface area contributed by atoms with Gasteiger partial charge < -0.3 is 9.64 Å². The Morgan fingerprint density at radius 2 is 2.24 bits per heavy atom. The summed E-state index contributed by atoms with van der Waals surface area (Å²) in [6.07, 6.45) is 1.30. The largest absolute Gasteiger partial charge is 0.464 e. The van der Waals surface area contributed by atoms with E-state index in [9.17, 15) is 14.4 Å². The van der Waals surface area contributed by atoms with E-state index in [4.69, 9.17) is 0 Å². The first kappa shape index (κ1) is 11.3. The maximum Gasteiger partial charge on any atom is 0.358 e. The Labute approximate surface area is 97.2 Å². The van der Waals surface area contributed by atoms with E-state index in [1.54, 1.807) is 12.1 Å². The van der Waals surface area contributed by atoms with Gasteiger partial charge in [0, 0.05) is 6.20 Å². The average Bonchev–Trinajstić information content (AvgIpc) is 2.67. The lowest BCUT2D eigenvalue weighted by atomic mass is 10.2. The molecule has 0 bridgehead atoms. The minimum absolute atomic E-state index is 0.0193. The van der Waals surface area contributed by atoms with E-state index in [1.807, 2.05) is 0 Å².